The van der Waals surface area contributed by atoms with Gasteiger partial charge in [0.05, 0.1) is 11.1 Å². The van der Waals surface area contributed by atoms with Crippen LogP contribution in [0.25, 0.3) is 11.1 Å². The Morgan fingerprint density at radius 3 is 1.66 bits per heavy atom. The van der Waals surface area contributed by atoms with Gasteiger partial charge in [-0.1, -0.05) is 38.5 Å². The third kappa shape index (κ3) is 5.85. The quantitative estimate of drug-likeness (QED) is 0.721. The molecule has 0 bridgehead atoms. The highest BCUT2D eigenvalue weighted by Crippen LogP contribution is 2.25. The molecule has 2 aromatic carbocycles. The van der Waals surface area contributed by atoms with Crippen molar-refractivity contribution in [3.8, 4) is 11.1 Å². The SMILES string of the molecule is CCC.CN(C)C(=O)c1ccc(-c2ccc(C=O)c(C(=O)N(C)C)c2)cc1C=O. The van der Waals surface area contributed by atoms with E-state index in [9.17, 15) is 19.2 Å². The maximum Gasteiger partial charge on any atom is 0.254 e. The molecule has 0 aliphatic rings. The van der Waals surface area contributed by atoms with Crippen LogP contribution >= 0.6 is 0 Å². The highest BCUT2D eigenvalue weighted by atomic mass is 16.2. The van der Waals surface area contributed by atoms with Crippen LogP contribution in [0.5, 0.6) is 0 Å². The van der Waals surface area contributed by atoms with Crippen LogP contribution in [0, 0.1) is 0 Å². The van der Waals surface area contributed by atoms with Crippen molar-refractivity contribution in [2.45, 2.75) is 20.3 Å². The van der Waals surface area contributed by atoms with Gasteiger partial charge in [-0.25, -0.2) is 0 Å². The molecule has 0 atom stereocenters. The van der Waals surface area contributed by atoms with Gasteiger partial charge in [0.2, 0.25) is 0 Å². The number of amides is 2. The van der Waals surface area contributed by atoms with Crippen LogP contribution in [-0.2, 0) is 0 Å². The van der Waals surface area contributed by atoms with Crippen LogP contribution < -0.4 is 0 Å². The van der Waals surface area contributed by atoms with Crippen LogP contribution in [0.3, 0.4) is 0 Å². The van der Waals surface area contributed by atoms with Gasteiger partial charge >= 0.3 is 0 Å². The van der Waals surface area contributed by atoms with Crippen molar-refractivity contribution in [3.05, 3.63) is 58.7 Å². The lowest BCUT2D eigenvalue weighted by atomic mass is 9.95. The second-order valence-corrected chi connectivity index (χ2v) is 6.95. The fraction of sp³-hybridized carbons (Fsp3) is 0.304. The molecule has 6 nitrogen and oxygen atoms in total. The van der Waals surface area contributed by atoms with Gasteiger partial charge in [-0.15, -0.1) is 0 Å². The first-order chi connectivity index (χ1) is 13.7. The Hall–Kier alpha value is -3.28. The molecule has 0 saturated carbocycles. The fourth-order valence-electron chi connectivity index (χ4n) is 2.54. The number of nitrogens with zero attached hydrogens (tertiary/aromatic N) is 2. The number of rotatable bonds is 5. The second-order valence-electron chi connectivity index (χ2n) is 6.95. The minimum absolute atomic E-state index is 0.265. The summed E-state index contributed by atoms with van der Waals surface area (Å²) in [6.07, 6.45) is 2.52. The van der Waals surface area contributed by atoms with Crippen molar-refractivity contribution in [1.29, 1.82) is 0 Å². The molecule has 6 heteroatoms. The fourth-order valence-corrected chi connectivity index (χ4v) is 2.54. The maximum atomic E-state index is 12.3. The van der Waals surface area contributed by atoms with E-state index in [0.717, 1.165) is 0 Å². The molecule has 2 aromatic rings. The minimum Gasteiger partial charge on any atom is -0.345 e. The smallest absolute Gasteiger partial charge is 0.254 e. The van der Waals surface area contributed by atoms with Gasteiger partial charge in [0.1, 0.15) is 0 Å². The largest absolute Gasteiger partial charge is 0.345 e. The molecule has 0 fully saturated rings. The summed E-state index contributed by atoms with van der Waals surface area (Å²) in [5.41, 5.74) is 2.50. The Kier molecular flexibility index (Phi) is 8.93. The molecule has 0 spiro atoms. The van der Waals surface area contributed by atoms with Crippen molar-refractivity contribution < 1.29 is 19.2 Å². The monoisotopic (exact) mass is 396 g/mol. The summed E-state index contributed by atoms with van der Waals surface area (Å²) in [6, 6.07) is 9.78. The maximum absolute atomic E-state index is 12.3. The summed E-state index contributed by atoms with van der Waals surface area (Å²) >= 11 is 0. The van der Waals surface area contributed by atoms with Crippen LogP contribution in [0.4, 0.5) is 0 Å². The second kappa shape index (κ2) is 10.9. The molecule has 0 N–H and O–H groups in total. The Balaban J connectivity index is 0.00000132. The van der Waals surface area contributed by atoms with Crippen molar-refractivity contribution >= 4 is 24.4 Å². The number of aldehydes is 2. The van der Waals surface area contributed by atoms with Gasteiger partial charge in [-0.2, -0.15) is 0 Å². The molecule has 154 valence electrons. The Bertz CT molecular complexity index is 902. The lowest BCUT2D eigenvalue weighted by Crippen LogP contribution is -2.23. The van der Waals surface area contributed by atoms with E-state index in [1.165, 1.54) is 16.2 Å². The van der Waals surface area contributed by atoms with Gasteiger partial charge in [-0.05, 0) is 29.3 Å². The van der Waals surface area contributed by atoms with Crippen LogP contribution in [0.15, 0.2) is 36.4 Å². The minimum atomic E-state index is -0.288. The predicted molar refractivity (Wildman–Crippen MR) is 115 cm³/mol. The third-order valence-corrected chi connectivity index (χ3v) is 3.97. The topological polar surface area (TPSA) is 74.8 Å². The van der Waals surface area contributed by atoms with E-state index >= 15 is 0 Å². The number of carbonyl (C=O) groups excluding carboxylic acids is 4. The van der Waals surface area contributed by atoms with Gasteiger partial charge in [0.25, 0.3) is 11.8 Å². The molecule has 0 saturated heterocycles. The lowest BCUT2D eigenvalue weighted by molar-refractivity contribution is 0.0818. The highest BCUT2D eigenvalue weighted by Gasteiger charge is 2.17. The van der Waals surface area contributed by atoms with Crippen LogP contribution in [0.2, 0.25) is 0 Å². The average Bonchev–Trinajstić information content (AvgIpc) is 2.72. The zero-order valence-electron chi connectivity index (χ0n) is 17.9. The third-order valence-electron chi connectivity index (χ3n) is 3.97. The molecule has 2 rings (SSSR count). The van der Waals surface area contributed by atoms with Crippen LogP contribution in [0.1, 0.15) is 61.7 Å². The van der Waals surface area contributed by atoms with Crippen molar-refractivity contribution in [2.24, 2.45) is 0 Å². The number of hydrogen-bond acceptors (Lipinski definition) is 4. The van der Waals surface area contributed by atoms with Crippen molar-refractivity contribution in [3.63, 3.8) is 0 Å². The van der Waals surface area contributed by atoms with Gasteiger partial charge in [-0.3, -0.25) is 19.2 Å². The number of benzene rings is 2. The van der Waals surface area contributed by atoms with Crippen LogP contribution in [-0.4, -0.2) is 62.4 Å². The summed E-state index contributed by atoms with van der Waals surface area (Å²) < 4.78 is 0. The standard InChI is InChI=1S/C20H20N2O4.C3H8/c1-21(2)19(25)17-8-7-13(9-16(17)12-24)14-5-6-15(11-23)18(10-14)20(26)22(3)4;1-3-2/h5-12H,1-4H3;3H2,1-2H3. The van der Waals surface area contributed by atoms with E-state index in [1.54, 1.807) is 64.6 Å². The Labute approximate surface area is 172 Å². The number of carbonyl (C=O) groups is 4. The predicted octanol–water partition coefficient (Wildman–Crippen LogP) is 3.80. The van der Waals surface area contributed by atoms with E-state index in [2.05, 4.69) is 13.8 Å². The van der Waals surface area contributed by atoms with E-state index in [-0.39, 0.29) is 22.9 Å². The molecule has 0 aromatic heterocycles. The highest BCUT2D eigenvalue weighted by molar-refractivity contribution is 6.04. The molecule has 0 radical (unpaired) electrons. The molecule has 0 unspecified atom stereocenters. The van der Waals surface area contributed by atoms with Crippen molar-refractivity contribution in [1.82, 2.24) is 9.80 Å². The van der Waals surface area contributed by atoms with Crippen molar-refractivity contribution in [2.75, 3.05) is 28.2 Å². The summed E-state index contributed by atoms with van der Waals surface area (Å²) in [6.45, 7) is 4.25. The molecular weight excluding hydrogens is 368 g/mol. The van der Waals surface area contributed by atoms with E-state index in [4.69, 9.17) is 0 Å². The van der Waals surface area contributed by atoms with E-state index < -0.39 is 0 Å². The average molecular weight is 396 g/mol. The zero-order chi connectivity index (χ0) is 22.1. The Morgan fingerprint density at radius 1 is 0.724 bits per heavy atom. The van der Waals surface area contributed by atoms with E-state index in [0.29, 0.717) is 34.8 Å². The molecule has 0 heterocycles. The van der Waals surface area contributed by atoms with Gasteiger partial charge < -0.3 is 9.80 Å². The molecule has 0 aliphatic heterocycles. The molecule has 0 aliphatic carbocycles. The van der Waals surface area contributed by atoms with E-state index in [1.807, 2.05) is 0 Å². The molecule has 29 heavy (non-hydrogen) atoms. The normalized spacial score (nSPS) is 9.72. The zero-order valence-corrected chi connectivity index (χ0v) is 17.9. The summed E-state index contributed by atoms with van der Waals surface area (Å²) in [5.74, 6) is -0.553. The summed E-state index contributed by atoms with van der Waals surface area (Å²) in [5, 5.41) is 0. The lowest BCUT2D eigenvalue weighted by Gasteiger charge is -2.15. The first-order valence-electron chi connectivity index (χ1n) is 9.33. The number of hydrogen-bond donors (Lipinski definition) is 0. The first kappa shape index (κ1) is 23.8. The summed E-state index contributed by atoms with van der Waals surface area (Å²) in [7, 11) is 6.44. The molecule has 2 amide bonds. The first-order valence-corrected chi connectivity index (χ1v) is 9.33. The van der Waals surface area contributed by atoms with Gasteiger partial charge in [0, 0.05) is 39.3 Å². The summed E-state index contributed by atoms with van der Waals surface area (Å²) in [4.78, 5) is 49.9. The Morgan fingerprint density at radius 2 is 1.17 bits per heavy atom. The van der Waals surface area contributed by atoms with Gasteiger partial charge in [0.15, 0.2) is 12.6 Å². The molecular formula is C23H28N2O4.